The molecule has 0 aliphatic heterocycles. The minimum Gasteiger partial charge on any atom is -0.150 e. The van der Waals surface area contributed by atoms with Crippen LogP contribution in [0.3, 0.4) is 0 Å². The van der Waals surface area contributed by atoms with Crippen LogP contribution in [0.2, 0.25) is 0 Å². The first-order valence-corrected chi connectivity index (χ1v) is 13.8. The maximum atomic E-state index is 11.2. The number of hydrogen-bond acceptors (Lipinski definition) is 2. The average Bonchev–Trinajstić information content (AvgIpc) is 3.10. The molecule has 4 aliphatic carbocycles. The first-order valence-electron chi connectivity index (χ1n) is 13.8. The Kier molecular flexibility index (Phi) is 6.78. The highest BCUT2D eigenvalue weighted by Gasteiger charge is 2.59. The fourth-order valence-corrected chi connectivity index (χ4v) is 9.46. The first-order chi connectivity index (χ1) is 14.7. The summed E-state index contributed by atoms with van der Waals surface area (Å²) in [5.74, 6) is 6.24. The monoisotopic (exact) mass is 427 g/mol. The van der Waals surface area contributed by atoms with Gasteiger partial charge in [-0.2, -0.15) is 4.91 Å². The van der Waals surface area contributed by atoms with Gasteiger partial charge in [0.25, 0.3) is 0 Å². The highest BCUT2D eigenvalue weighted by Crippen LogP contribution is 2.67. The molecule has 0 aromatic carbocycles. The molecule has 0 bridgehead atoms. The van der Waals surface area contributed by atoms with Gasteiger partial charge in [-0.15, -0.1) is 0 Å². The van der Waals surface area contributed by atoms with E-state index in [4.69, 9.17) is 0 Å². The number of nitroso groups, excluding NO2 is 1. The van der Waals surface area contributed by atoms with Gasteiger partial charge in [-0.25, -0.2) is 0 Å². The maximum absolute atomic E-state index is 11.2. The molecule has 31 heavy (non-hydrogen) atoms. The molecule has 3 fully saturated rings. The number of allylic oxidation sites excluding steroid dienone is 1. The molecule has 3 saturated carbocycles. The summed E-state index contributed by atoms with van der Waals surface area (Å²) < 4.78 is 0. The molecule has 4 aliphatic rings. The molecule has 2 heteroatoms. The molecular weight excluding hydrogens is 378 g/mol. The number of nitrogens with zero attached hydrogens (tertiary/aromatic N) is 1. The molecule has 0 aromatic rings. The van der Waals surface area contributed by atoms with Crippen molar-refractivity contribution in [3.05, 3.63) is 16.6 Å². The van der Waals surface area contributed by atoms with E-state index in [-0.39, 0.29) is 6.04 Å². The zero-order valence-corrected chi connectivity index (χ0v) is 21.3. The van der Waals surface area contributed by atoms with Crippen molar-refractivity contribution in [3.8, 4) is 0 Å². The lowest BCUT2D eigenvalue weighted by atomic mass is 9.46. The quantitative estimate of drug-likeness (QED) is 0.295. The van der Waals surface area contributed by atoms with Crippen LogP contribution >= 0.6 is 0 Å². The van der Waals surface area contributed by atoms with Crippen LogP contribution in [-0.4, -0.2) is 6.04 Å². The molecule has 9 atom stereocenters. The Bertz CT molecular complexity index is 682. The molecule has 0 N–H and O–H groups in total. The van der Waals surface area contributed by atoms with Gasteiger partial charge in [-0.1, -0.05) is 71.2 Å². The zero-order valence-electron chi connectivity index (χ0n) is 21.3. The number of rotatable bonds is 7. The van der Waals surface area contributed by atoms with E-state index in [0.29, 0.717) is 10.8 Å². The molecule has 0 radical (unpaired) electrons. The van der Waals surface area contributed by atoms with Crippen LogP contribution in [0.1, 0.15) is 112 Å². The fraction of sp³-hybridized carbons (Fsp3) is 0.931. The van der Waals surface area contributed by atoms with Gasteiger partial charge in [0.2, 0.25) is 0 Å². The summed E-state index contributed by atoms with van der Waals surface area (Å²) in [5.41, 5.74) is 2.51. The molecule has 0 heterocycles. The van der Waals surface area contributed by atoms with Crippen molar-refractivity contribution in [3.63, 3.8) is 0 Å². The second-order valence-electron chi connectivity index (χ2n) is 12.9. The van der Waals surface area contributed by atoms with Crippen LogP contribution in [0, 0.1) is 57.2 Å². The van der Waals surface area contributed by atoms with E-state index in [1.165, 1.54) is 64.2 Å². The van der Waals surface area contributed by atoms with E-state index in [1.807, 2.05) is 0 Å². The van der Waals surface area contributed by atoms with E-state index in [1.54, 1.807) is 5.57 Å². The summed E-state index contributed by atoms with van der Waals surface area (Å²) in [7, 11) is 0. The van der Waals surface area contributed by atoms with Crippen LogP contribution in [0.15, 0.2) is 16.8 Å². The lowest BCUT2D eigenvalue weighted by Gasteiger charge is -2.59. The van der Waals surface area contributed by atoms with Crippen molar-refractivity contribution in [1.82, 2.24) is 0 Å². The smallest absolute Gasteiger partial charge is 0.110 e. The Balaban J connectivity index is 1.47. The third kappa shape index (κ3) is 3.97. The SMILES string of the molecule is CCC(CC[C@@H](C)[C@H]1CC[C@H]2[C@@H]3CCC4=CC(N=O)CC[C@]4(C)[C@H]3CC[C@]12C)C(C)C. The highest BCUT2D eigenvalue weighted by atomic mass is 16.3. The van der Waals surface area contributed by atoms with Crippen molar-refractivity contribution in [2.75, 3.05) is 0 Å². The van der Waals surface area contributed by atoms with Gasteiger partial charge in [0.1, 0.15) is 6.04 Å². The Morgan fingerprint density at radius 2 is 1.77 bits per heavy atom. The lowest BCUT2D eigenvalue weighted by molar-refractivity contribution is -0.0598. The maximum Gasteiger partial charge on any atom is 0.110 e. The van der Waals surface area contributed by atoms with Crippen LogP contribution in [0.4, 0.5) is 0 Å². The predicted molar refractivity (Wildman–Crippen MR) is 132 cm³/mol. The summed E-state index contributed by atoms with van der Waals surface area (Å²) in [6, 6.07) is -0.0528. The van der Waals surface area contributed by atoms with Gasteiger partial charge >= 0.3 is 0 Å². The van der Waals surface area contributed by atoms with Crippen molar-refractivity contribution < 1.29 is 0 Å². The minimum absolute atomic E-state index is 0.0528. The molecule has 0 aromatic heterocycles. The van der Waals surface area contributed by atoms with Crippen LogP contribution < -0.4 is 0 Å². The Hall–Kier alpha value is -0.660. The van der Waals surface area contributed by atoms with E-state index in [9.17, 15) is 4.91 Å². The van der Waals surface area contributed by atoms with Crippen molar-refractivity contribution in [2.45, 2.75) is 118 Å². The standard InChI is InChI=1S/C29H49NO/c1-7-21(19(2)3)9-8-20(4)25-12-13-26-24-11-10-22-18-23(30-31)14-16-28(22,5)27(24)15-17-29(25,26)6/h18-21,23-27H,7-17H2,1-6H3/t20-,21?,23?,24+,25-,26+,27+,28+,29-/m1/s1. The Morgan fingerprint density at radius 3 is 2.45 bits per heavy atom. The summed E-state index contributed by atoms with van der Waals surface area (Å²) in [5, 5.41) is 3.39. The number of hydrogen-bond donors (Lipinski definition) is 0. The van der Waals surface area contributed by atoms with E-state index in [0.717, 1.165) is 47.8 Å². The molecular formula is C29H49NO. The summed E-state index contributed by atoms with van der Waals surface area (Å²) >= 11 is 0. The van der Waals surface area contributed by atoms with Crippen molar-refractivity contribution in [2.24, 2.45) is 57.4 Å². The summed E-state index contributed by atoms with van der Waals surface area (Å²) in [4.78, 5) is 11.2. The van der Waals surface area contributed by atoms with Gasteiger partial charge in [-0.3, -0.25) is 0 Å². The van der Waals surface area contributed by atoms with Gasteiger partial charge in [0, 0.05) is 0 Å². The Labute approximate surface area is 192 Å². The van der Waals surface area contributed by atoms with E-state index >= 15 is 0 Å². The van der Waals surface area contributed by atoms with Crippen LogP contribution in [0.25, 0.3) is 0 Å². The Morgan fingerprint density at radius 1 is 1.00 bits per heavy atom. The van der Waals surface area contributed by atoms with E-state index < -0.39 is 0 Å². The molecule has 2 unspecified atom stereocenters. The van der Waals surface area contributed by atoms with Crippen molar-refractivity contribution >= 4 is 0 Å². The molecule has 0 spiro atoms. The van der Waals surface area contributed by atoms with Gasteiger partial charge in [-0.05, 0) is 110 Å². The average molecular weight is 428 g/mol. The fourth-order valence-electron chi connectivity index (χ4n) is 9.46. The summed E-state index contributed by atoms with van der Waals surface area (Å²) in [6.07, 6.45) is 17.0. The van der Waals surface area contributed by atoms with Gasteiger partial charge < -0.3 is 0 Å². The van der Waals surface area contributed by atoms with Gasteiger partial charge in [0.15, 0.2) is 0 Å². The zero-order chi connectivity index (χ0) is 22.4. The third-order valence-electron chi connectivity index (χ3n) is 11.4. The molecule has 176 valence electrons. The minimum atomic E-state index is -0.0528. The summed E-state index contributed by atoms with van der Waals surface area (Å²) in [6.45, 7) is 15.0. The second-order valence-corrected chi connectivity index (χ2v) is 12.9. The molecule has 0 saturated heterocycles. The highest BCUT2D eigenvalue weighted by molar-refractivity contribution is 5.26. The van der Waals surface area contributed by atoms with Gasteiger partial charge in [0.05, 0.1) is 0 Å². The molecule has 0 amide bonds. The third-order valence-corrected chi connectivity index (χ3v) is 11.4. The van der Waals surface area contributed by atoms with E-state index in [2.05, 4.69) is 52.8 Å². The largest absolute Gasteiger partial charge is 0.150 e. The van der Waals surface area contributed by atoms with Crippen LogP contribution in [-0.2, 0) is 0 Å². The molecule has 4 rings (SSSR count). The van der Waals surface area contributed by atoms with Crippen molar-refractivity contribution in [1.29, 1.82) is 0 Å². The number of fused-ring (bicyclic) bond motifs is 5. The topological polar surface area (TPSA) is 29.4 Å². The second kappa shape index (κ2) is 8.94. The first kappa shape index (κ1) is 23.5. The van der Waals surface area contributed by atoms with Crippen LogP contribution in [0.5, 0.6) is 0 Å². The normalized spacial score (nSPS) is 44.1. The lowest BCUT2D eigenvalue weighted by Crippen LogP contribution is -2.51. The molecule has 2 nitrogen and oxygen atoms in total. The predicted octanol–water partition coefficient (Wildman–Crippen LogP) is 8.80.